The highest BCUT2D eigenvalue weighted by molar-refractivity contribution is 7.19. The topological polar surface area (TPSA) is 77.1 Å². The molecule has 4 nitrogen and oxygen atoms in total. The van der Waals surface area contributed by atoms with Crippen LogP contribution in [0.5, 0.6) is 11.5 Å². The van der Waals surface area contributed by atoms with Crippen LogP contribution in [0.3, 0.4) is 0 Å². The molecule has 1 aromatic carbocycles. The highest BCUT2D eigenvalue weighted by Crippen LogP contribution is 2.35. The van der Waals surface area contributed by atoms with E-state index in [2.05, 4.69) is 4.98 Å². The van der Waals surface area contributed by atoms with Gasteiger partial charge in [-0.15, -0.1) is 11.3 Å². The van der Waals surface area contributed by atoms with Crippen LogP contribution < -0.4 is 0 Å². The lowest BCUT2D eigenvalue weighted by Crippen LogP contribution is -1.72. The second-order valence-corrected chi connectivity index (χ2v) is 3.44. The van der Waals surface area contributed by atoms with Gasteiger partial charge in [-0.25, -0.2) is 4.98 Å². The third-order valence-corrected chi connectivity index (χ3v) is 2.53. The van der Waals surface area contributed by atoms with Crippen molar-refractivity contribution in [3.8, 4) is 17.6 Å². The number of hydrogen-bond donors (Lipinski definition) is 2. The van der Waals surface area contributed by atoms with Crippen molar-refractivity contribution in [2.45, 2.75) is 0 Å². The van der Waals surface area contributed by atoms with Crippen molar-refractivity contribution in [2.24, 2.45) is 0 Å². The molecule has 0 unspecified atom stereocenters. The van der Waals surface area contributed by atoms with E-state index in [-0.39, 0.29) is 22.0 Å². The number of phenols is 2. The fraction of sp³-hybridized carbons (Fsp3) is 0. The zero-order valence-electron chi connectivity index (χ0n) is 6.35. The molecule has 2 rings (SSSR count). The first-order chi connectivity index (χ1) is 6.22. The second kappa shape index (κ2) is 2.61. The summed E-state index contributed by atoms with van der Waals surface area (Å²) in [5, 5.41) is 27.3. The van der Waals surface area contributed by atoms with Crippen molar-refractivity contribution in [1.29, 1.82) is 5.26 Å². The first kappa shape index (κ1) is 7.83. The Bertz CT molecular complexity index is 513. The van der Waals surface area contributed by atoms with Crippen LogP contribution in [0.15, 0.2) is 12.1 Å². The van der Waals surface area contributed by atoms with Gasteiger partial charge < -0.3 is 10.2 Å². The fourth-order valence-electron chi connectivity index (χ4n) is 1.02. The molecule has 0 saturated carbocycles. The van der Waals surface area contributed by atoms with Gasteiger partial charge in [-0.2, -0.15) is 5.26 Å². The molecule has 0 spiro atoms. The number of hydrogen-bond acceptors (Lipinski definition) is 5. The molecule has 2 aromatic rings. The molecule has 0 amide bonds. The summed E-state index contributed by atoms with van der Waals surface area (Å²) in [6.07, 6.45) is 0. The molecule has 13 heavy (non-hydrogen) atoms. The van der Waals surface area contributed by atoms with Crippen LogP contribution in [-0.4, -0.2) is 15.2 Å². The maximum atomic E-state index is 9.35. The Morgan fingerprint density at radius 2 is 2.15 bits per heavy atom. The Balaban J connectivity index is 2.86. The van der Waals surface area contributed by atoms with E-state index in [0.717, 1.165) is 0 Å². The maximum absolute atomic E-state index is 9.35. The summed E-state index contributed by atoms with van der Waals surface area (Å²) in [6.45, 7) is 0. The van der Waals surface area contributed by atoms with Crippen LogP contribution in [0.25, 0.3) is 10.2 Å². The third-order valence-electron chi connectivity index (χ3n) is 1.61. The number of nitrogens with zero attached hydrogens (tertiary/aromatic N) is 2. The van der Waals surface area contributed by atoms with E-state index in [9.17, 15) is 5.11 Å². The van der Waals surface area contributed by atoms with Crippen LogP contribution in [0.2, 0.25) is 0 Å². The number of fused-ring (bicyclic) bond motifs is 1. The SMILES string of the molecule is N#Cc1nc2c(O)c(O)ccc2s1. The van der Waals surface area contributed by atoms with Crippen LogP contribution in [0, 0.1) is 11.3 Å². The quantitative estimate of drug-likeness (QED) is 0.621. The van der Waals surface area contributed by atoms with Crippen molar-refractivity contribution in [1.82, 2.24) is 4.98 Å². The van der Waals surface area contributed by atoms with Crippen molar-refractivity contribution < 1.29 is 10.2 Å². The Labute approximate surface area is 77.3 Å². The number of benzene rings is 1. The molecule has 0 radical (unpaired) electrons. The van der Waals surface area contributed by atoms with Gasteiger partial charge in [0.05, 0.1) is 4.70 Å². The van der Waals surface area contributed by atoms with E-state index in [1.165, 1.54) is 17.4 Å². The molecule has 2 N–H and O–H groups in total. The van der Waals surface area contributed by atoms with Gasteiger partial charge in [-0.1, -0.05) is 0 Å². The summed E-state index contributed by atoms with van der Waals surface area (Å²) in [6, 6.07) is 4.86. The molecule has 0 aliphatic carbocycles. The van der Waals surface area contributed by atoms with E-state index in [0.29, 0.717) is 4.70 Å². The van der Waals surface area contributed by atoms with Gasteiger partial charge in [-0.05, 0) is 12.1 Å². The Kier molecular flexibility index (Phi) is 1.57. The summed E-state index contributed by atoms with van der Waals surface area (Å²) in [4.78, 5) is 3.84. The summed E-state index contributed by atoms with van der Waals surface area (Å²) >= 11 is 1.18. The van der Waals surface area contributed by atoms with E-state index in [4.69, 9.17) is 10.4 Å². The lowest BCUT2D eigenvalue weighted by molar-refractivity contribution is 0.407. The maximum Gasteiger partial charge on any atom is 0.195 e. The minimum absolute atomic E-state index is 0.220. The van der Waals surface area contributed by atoms with Crippen molar-refractivity contribution in [2.75, 3.05) is 0 Å². The standard InChI is InChI=1S/C8H4N2O2S/c9-3-6-10-7-5(13-6)2-1-4(11)8(7)12/h1-2,11-12H. The molecule has 0 atom stereocenters. The van der Waals surface area contributed by atoms with Crippen molar-refractivity contribution in [3.05, 3.63) is 17.1 Å². The minimum atomic E-state index is -0.268. The molecule has 1 heterocycles. The van der Waals surface area contributed by atoms with Gasteiger partial charge in [-0.3, -0.25) is 0 Å². The highest BCUT2D eigenvalue weighted by atomic mass is 32.1. The molecule has 64 valence electrons. The smallest absolute Gasteiger partial charge is 0.195 e. The van der Waals surface area contributed by atoms with E-state index >= 15 is 0 Å². The first-order valence-electron chi connectivity index (χ1n) is 3.44. The Morgan fingerprint density at radius 1 is 1.38 bits per heavy atom. The predicted molar refractivity (Wildman–Crippen MR) is 47.7 cm³/mol. The van der Waals surface area contributed by atoms with Gasteiger partial charge >= 0.3 is 0 Å². The van der Waals surface area contributed by atoms with Crippen LogP contribution in [0.1, 0.15) is 5.01 Å². The van der Waals surface area contributed by atoms with E-state index in [1.54, 1.807) is 6.07 Å². The van der Waals surface area contributed by atoms with E-state index < -0.39 is 0 Å². The van der Waals surface area contributed by atoms with Gasteiger partial charge in [0.2, 0.25) is 0 Å². The monoisotopic (exact) mass is 192 g/mol. The number of thiazole rings is 1. The average Bonchev–Trinajstić information content (AvgIpc) is 2.55. The summed E-state index contributed by atoms with van der Waals surface area (Å²) in [5.41, 5.74) is 0.279. The summed E-state index contributed by atoms with van der Waals surface area (Å²) in [5.74, 6) is -0.488. The predicted octanol–water partition coefficient (Wildman–Crippen LogP) is 1.58. The second-order valence-electron chi connectivity index (χ2n) is 2.41. The highest BCUT2D eigenvalue weighted by Gasteiger charge is 2.10. The lowest BCUT2D eigenvalue weighted by atomic mass is 10.3. The van der Waals surface area contributed by atoms with Gasteiger partial charge in [0, 0.05) is 0 Å². The number of aromatic nitrogens is 1. The molecular weight excluding hydrogens is 188 g/mol. The summed E-state index contributed by atoms with van der Waals surface area (Å²) in [7, 11) is 0. The minimum Gasteiger partial charge on any atom is -0.504 e. The number of phenolic OH excluding ortho intramolecular Hbond substituents is 2. The van der Waals surface area contributed by atoms with Crippen LogP contribution in [-0.2, 0) is 0 Å². The average molecular weight is 192 g/mol. The third kappa shape index (κ3) is 1.08. The number of aromatic hydroxyl groups is 2. The Morgan fingerprint density at radius 3 is 2.85 bits per heavy atom. The first-order valence-corrected chi connectivity index (χ1v) is 4.25. The lowest BCUT2D eigenvalue weighted by Gasteiger charge is -1.95. The number of rotatable bonds is 0. The summed E-state index contributed by atoms with van der Waals surface area (Å²) < 4.78 is 0.687. The molecule has 0 saturated heterocycles. The largest absolute Gasteiger partial charge is 0.504 e. The van der Waals surface area contributed by atoms with Crippen molar-refractivity contribution in [3.63, 3.8) is 0 Å². The molecule has 0 bridgehead atoms. The molecule has 1 aromatic heterocycles. The Hall–Kier alpha value is -1.80. The molecule has 5 heteroatoms. The zero-order chi connectivity index (χ0) is 9.42. The molecule has 0 aliphatic heterocycles. The fourth-order valence-corrected chi connectivity index (χ4v) is 1.78. The number of nitriles is 1. The molecule has 0 aliphatic rings. The van der Waals surface area contributed by atoms with Gasteiger partial charge in [0.15, 0.2) is 16.5 Å². The van der Waals surface area contributed by atoms with Gasteiger partial charge in [0.25, 0.3) is 0 Å². The zero-order valence-corrected chi connectivity index (χ0v) is 7.17. The van der Waals surface area contributed by atoms with Crippen molar-refractivity contribution >= 4 is 21.6 Å². The molecular formula is C8H4N2O2S. The van der Waals surface area contributed by atoms with E-state index in [1.807, 2.05) is 6.07 Å². The van der Waals surface area contributed by atoms with Crippen LogP contribution >= 0.6 is 11.3 Å². The molecule has 0 fully saturated rings. The van der Waals surface area contributed by atoms with Crippen LogP contribution in [0.4, 0.5) is 0 Å². The normalized spacial score (nSPS) is 10.1. The van der Waals surface area contributed by atoms with Gasteiger partial charge in [0.1, 0.15) is 11.6 Å².